The second-order valence-corrected chi connectivity index (χ2v) is 4.18. The minimum Gasteiger partial charge on any atom is -0.476 e. The van der Waals surface area contributed by atoms with Crippen LogP contribution in [0.2, 0.25) is 0 Å². The molecule has 0 aliphatic heterocycles. The number of nitriles is 3. The van der Waals surface area contributed by atoms with E-state index in [9.17, 15) is 4.79 Å². The first kappa shape index (κ1) is 15.3. The number of carboxylic acid groups (broad SMARTS) is 1. The molecule has 110 valence electrons. The molecule has 8 nitrogen and oxygen atoms in total. The van der Waals surface area contributed by atoms with Crippen LogP contribution in [0.4, 0.5) is 5.69 Å². The lowest BCUT2D eigenvalue weighted by Crippen LogP contribution is -2.06. The van der Waals surface area contributed by atoms with E-state index in [2.05, 4.69) is 10.4 Å². The standard InChI is InChI=1S/C15H8N6O2/c16-7-10(8-17)13(9-18)19-11-3-1-2-4-14(11)21-6-5-12(20-21)15(22)23/h1-6,19H,(H,22,23). The van der Waals surface area contributed by atoms with Crippen LogP contribution in [-0.4, -0.2) is 20.9 Å². The van der Waals surface area contributed by atoms with Crippen LogP contribution in [0.1, 0.15) is 10.5 Å². The van der Waals surface area contributed by atoms with Gasteiger partial charge in [0.05, 0.1) is 11.4 Å². The maximum Gasteiger partial charge on any atom is 0.356 e. The molecular formula is C15H8N6O2. The Morgan fingerprint density at radius 1 is 1.13 bits per heavy atom. The third kappa shape index (κ3) is 3.15. The number of nitrogens with zero attached hydrogens (tertiary/aromatic N) is 5. The number of allylic oxidation sites excluding steroid dienone is 2. The maximum atomic E-state index is 10.9. The molecule has 23 heavy (non-hydrogen) atoms. The van der Waals surface area contributed by atoms with Crippen LogP contribution >= 0.6 is 0 Å². The van der Waals surface area contributed by atoms with Crippen molar-refractivity contribution in [3.05, 3.63) is 53.5 Å². The third-order valence-electron chi connectivity index (χ3n) is 2.80. The van der Waals surface area contributed by atoms with Gasteiger partial charge in [0.1, 0.15) is 23.9 Å². The lowest BCUT2D eigenvalue weighted by atomic mass is 10.2. The van der Waals surface area contributed by atoms with Gasteiger partial charge < -0.3 is 10.4 Å². The van der Waals surface area contributed by atoms with Crippen molar-refractivity contribution in [2.75, 3.05) is 5.32 Å². The first-order valence-electron chi connectivity index (χ1n) is 6.20. The number of benzene rings is 1. The summed E-state index contributed by atoms with van der Waals surface area (Å²) in [7, 11) is 0. The van der Waals surface area contributed by atoms with Gasteiger partial charge in [0.25, 0.3) is 0 Å². The Balaban J connectivity index is 2.49. The van der Waals surface area contributed by atoms with Crippen LogP contribution in [-0.2, 0) is 0 Å². The van der Waals surface area contributed by atoms with Gasteiger partial charge in [-0.05, 0) is 18.2 Å². The number of anilines is 1. The Morgan fingerprint density at radius 3 is 2.39 bits per heavy atom. The summed E-state index contributed by atoms with van der Waals surface area (Å²) in [5.74, 6) is -1.16. The van der Waals surface area contributed by atoms with Gasteiger partial charge in [-0.3, -0.25) is 0 Å². The van der Waals surface area contributed by atoms with Gasteiger partial charge in [0.15, 0.2) is 11.3 Å². The van der Waals surface area contributed by atoms with Gasteiger partial charge in [0, 0.05) is 6.20 Å². The van der Waals surface area contributed by atoms with Gasteiger partial charge in [-0.15, -0.1) is 0 Å². The molecule has 8 heteroatoms. The highest BCUT2D eigenvalue weighted by Crippen LogP contribution is 2.22. The molecule has 0 saturated heterocycles. The minimum absolute atomic E-state index is 0.134. The zero-order valence-corrected chi connectivity index (χ0v) is 11.6. The lowest BCUT2D eigenvalue weighted by molar-refractivity contribution is 0.0690. The van der Waals surface area contributed by atoms with Crippen molar-refractivity contribution >= 4 is 11.7 Å². The highest BCUT2D eigenvalue weighted by atomic mass is 16.4. The van der Waals surface area contributed by atoms with Crippen LogP contribution in [0.3, 0.4) is 0 Å². The number of hydrogen-bond donors (Lipinski definition) is 2. The Bertz CT molecular complexity index is 904. The van der Waals surface area contributed by atoms with E-state index in [0.717, 1.165) is 0 Å². The van der Waals surface area contributed by atoms with Crippen molar-refractivity contribution < 1.29 is 9.90 Å². The van der Waals surface area contributed by atoms with Gasteiger partial charge in [-0.1, -0.05) is 12.1 Å². The van der Waals surface area contributed by atoms with Crippen molar-refractivity contribution in [3.63, 3.8) is 0 Å². The highest BCUT2D eigenvalue weighted by molar-refractivity contribution is 5.85. The molecule has 0 fully saturated rings. The number of carboxylic acids is 1. The van der Waals surface area contributed by atoms with E-state index in [1.165, 1.54) is 16.9 Å². The number of aromatic nitrogens is 2. The summed E-state index contributed by atoms with van der Waals surface area (Å²) < 4.78 is 1.32. The Morgan fingerprint density at radius 2 is 1.83 bits per heavy atom. The summed E-state index contributed by atoms with van der Waals surface area (Å²) in [6.07, 6.45) is 1.45. The van der Waals surface area contributed by atoms with Gasteiger partial charge in [-0.25, -0.2) is 9.48 Å². The summed E-state index contributed by atoms with van der Waals surface area (Å²) in [5, 5.41) is 42.3. The molecule has 0 aliphatic rings. The molecule has 1 heterocycles. The Kier molecular flexibility index (Phi) is 4.37. The highest BCUT2D eigenvalue weighted by Gasteiger charge is 2.12. The molecule has 0 saturated carbocycles. The molecule has 0 radical (unpaired) electrons. The maximum absolute atomic E-state index is 10.9. The van der Waals surface area contributed by atoms with Crippen LogP contribution in [0.5, 0.6) is 0 Å². The van der Waals surface area contributed by atoms with Gasteiger partial charge >= 0.3 is 5.97 Å². The summed E-state index contributed by atoms with van der Waals surface area (Å²) >= 11 is 0. The minimum atomic E-state index is -1.16. The molecule has 2 rings (SSSR count). The van der Waals surface area contributed by atoms with Crippen molar-refractivity contribution in [1.82, 2.24) is 9.78 Å². The summed E-state index contributed by atoms with van der Waals surface area (Å²) in [6.45, 7) is 0. The smallest absolute Gasteiger partial charge is 0.356 e. The second kappa shape index (κ2) is 6.57. The summed E-state index contributed by atoms with van der Waals surface area (Å²) in [4.78, 5) is 10.9. The largest absolute Gasteiger partial charge is 0.476 e. The Labute approximate surface area is 130 Å². The van der Waals surface area contributed by atoms with Crippen molar-refractivity contribution in [2.45, 2.75) is 0 Å². The predicted molar refractivity (Wildman–Crippen MR) is 78.0 cm³/mol. The summed E-state index contributed by atoms with van der Waals surface area (Å²) in [5.41, 5.74) is 0.169. The normalized spacial score (nSPS) is 9.09. The van der Waals surface area contributed by atoms with E-state index in [0.29, 0.717) is 11.4 Å². The first-order chi connectivity index (χ1) is 11.1. The molecule has 0 bridgehead atoms. The molecule has 0 amide bonds. The molecule has 0 atom stereocenters. The van der Waals surface area contributed by atoms with Gasteiger partial charge in [-0.2, -0.15) is 20.9 Å². The molecular weight excluding hydrogens is 296 g/mol. The summed E-state index contributed by atoms with van der Waals surface area (Å²) in [6, 6.07) is 13.0. The van der Waals surface area contributed by atoms with Crippen LogP contribution in [0.25, 0.3) is 5.69 Å². The topological polar surface area (TPSA) is 139 Å². The van der Waals surface area contributed by atoms with E-state index in [1.807, 2.05) is 0 Å². The van der Waals surface area contributed by atoms with Crippen LogP contribution in [0, 0.1) is 34.0 Å². The van der Waals surface area contributed by atoms with Gasteiger partial charge in [0.2, 0.25) is 0 Å². The van der Waals surface area contributed by atoms with E-state index >= 15 is 0 Å². The fraction of sp³-hybridized carbons (Fsp3) is 0. The number of rotatable bonds is 4. The van der Waals surface area contributed by atoms with E-state index < -0.39 is 5.97 Å². The second-order valence-electron chi connectivity index (χ2n) is 4.18. The van der Waals surface area contributed by atoms with Crippen molar-refractivity contribution in [2.24, 2.45) is 0 Å². The molecule has 1 aromatic heterocycles. The molecule has 2 N–H and O–H groups in total. The molecule has 0 unspecified atom stereocenters. The average molecular weight is 304 g/mol. The zero-order chi connectivity index (χ0) is 16.8. The molecule has 2 aromatic rings. The van der Waals surface area contributed by atoms with Crippen molar-refractivity contribution in [1.29, 1.82) is 15.8 Å². The molecule has 0 spiro atoms. The number of aromatic carboxylic acids is 1. The van der Waals surface area contributed by atoms with Crippen molar-refractivity contribution in [3.8, 4) is 23.9 Å². The number of hydrogen-bond acceptors (Lipinski definition) is 6. The van der Waals surface area contributed by atoms with E-state index in [-0.39, 0.29) is 17.0 Å². The van der Waals surface area contributed by atoms with Crippen LogP contribution < -0.4 is 5.32 Å². The quantitative estimate of drug-likeness (QED) is 0.821. The number of carbonyl (C=O) groups is 1. The fourth-order valence-electron chi connectivity index (χ4n) is 1.77. The van der Waals surface area contributed by atoms with E-state index in [1.54, 1.807) is 42.5 Å². The first-order valence-corrected chi connectivity index (χ1v) is 6.20. The number of para-hydroxylation sites is 2. The molecule has 0 aliphatic carbocycles. The third-order valence-corrected chi connectivity index (χ3v) is 2.80. The van der Waals surface area contributed by atoms with E-state index in [4.69, 9.17) is 20.9 Å². The average Bonchev–Trinajstić information content (AvgIpc) is 3.05. The zero-order valence-electron chi connectivity index (χ0n) is 11.6. The predicted octanol–water partition coefficient (Wildman–Crippen LogP) is 1.81. The number of nitrogens with one attached hydrogen (secondary N) is 1. The fourth-order valence-corrected chi connectivity index (χ4v) is 1.77. The Hall–Kier alpha value is -4.09. The molecule has 1 aromatic carbocycles. The lowest BCUT2D eigenvalue weighted by Gasteiger charge is -2.11. The van der Waals surface area contributed by atoms with Crippen LogP contribution in [0.15, 0.2) is 47.8 Å². The SMILES string of the molecule is N#CC(C#N)=C(C#N)Nc1ccccc1-n1ccc(C(=O)O)n1. The monoisotopic (exact) mass is 304 g/mol.